The molecule has 156 valence electrons. The first kappa shape index (κ1) is 22.4. The molecule has 0 aliphatic carbocycles. The Labute approximate surface area is 175 Å². The third-order valence-corrected chi connectivity index (χ3v) is 4.18. The van der Waals surface area contributed by atoms with E-state index in [2.05, 4.69) is 0 Å². The Balaban J connectivity index is 1.61. The zero-order chi connectivity index (χ0) is 21.1. The van der Waals surface area contributed by atoms with Crippen LogP contribution in [-0.4, -0.2) is 57.3 Å². The molecule has 0 atom stereocenters. The topological polar surface area (TPSA) is 74.3 Å². The van der Waals surface area contributed by atoms with Crippen molar-refractivity contribution in [1.82, 2.24) is 4.90 Å². The summed E-state index contributed by atoms with van der Waals surface area (Å²) in [6.07, 6.45) is 0.0225. The number of carbonyl (C=O) groups is 2. The van der Waals surface area contributed by atoms with Gasteiger partial charge in [0.15, 0.2) is 18.1 Å². The van der Waals surface area contributed by atoms with Crippen molar-refractivity contribution in [3.05, 3.63) is 53.6 Å². The quantitative estimate of drug-likeness (QED) is 0.519. The van der Waals surface area contributed by atoms with E-state index in [0.29, 0.717) is 35.4 Å². The van der Waals surface area contributed by atoms with E-state index in [4.69, 9.17) is 30.5 Å². The number of likely N-dealkylation sites (N-methyl/N-ethyl adjacent to an activating group) is 1. The molecular weight excluding hydrogens is 398 g/mol. The van der Waals surface area contributed by atoms with Gasteiger partial charge in [0.05, 0.1) is 26.7 Å². The fourth-order valence-electron chi connectivity index (χ4n) is 2.26. The van der Waals surface area contributed by atoms with Crippen LogP contribution in [-0.2, 0) is 14.3 Å². The van der Waals surface area contributed by atoms with Crippen LogP contribution in [0.4, 0.5) is 0 Å². The minimum absolute atomic E-state index is 0.0225. The summed E-state index contributed by atoms with van der Waals surface area (Å²) in [5, 5.41) is 0.625. The van der Waals surface area contributed by atoms with Gasteiger partial charge >= 0.3 is 5.97 Å². The van der Waals surface area contributed by atoms with Gasteiger partial charge in [0.25, 0.3) is 5.91 Å². The lowest BCUT2D eigenvalue weighted by Gasteiger charge is -2.17. The molecule has 0 spiro atoms. The van der Waals surface area contributed by atoms with Crippen molar-refractivity contribution in [1.29, 1.82) is 0 Å². The Kier molecular flexibility index (Phi) is 9.11. The first-order valence-corrected chi connectivity index (χ1v) is 9.41. The Hall–Kier alpha value is -2.93. The Morgan fingerprint density at radius 1 is 0.966 bits per heavy atom. The third-order valence-electron chi connectivity index (χ3n) is 3.92. The Morgan fingerprint density at radius 2 is 1.66 bits per heavy atom. The molecule has 1 amide bonds. The van der Waals surface area contributed by atoms with Crippen molar-refractivity contribution >= 4 is 23.5 Å². The van der Waals surface area contributed by atoms with Gasteiger partial charge in [0, 0.05) is 12.1 Å². The van der Waals surface area contributed by atoms with Crippen molar-refractivity contribution in [3.8, 4) is 17.2 Å². The number of benzene rings is 2. The third kappa shape index (κ3) is 7.91. The smallest absolute Gasteiger partial charge is 0.309 e. The Bertz CT molecular complexity index is 796. The Morgan fingerprint density at radius 3 is 2.34 bits per heavy atom. The number of amides is 1. The molecule has 0 aromatic heterocycles. The minimum atomic E-state index is -0.515. The highest BCUT2D eigenvalue weighted by atomic mass is 35.5. The average Bonchev–Trinajstić information content (AvgIpc) is 2.73. The second-order valence-corrected chi connectivity index (χ2v) is 6.46. The van der Waals surface area contributed by atoms with Crippen molar-refractivity contribution in [3.63, 3.8) is 0 Å². The molecule has 2 aromatic rings. The summed E-state index contributed by atoms with van der Waals surface area (Å²) in [6, 6.07) is 14.1. The van der Waals surface area contributed by atoms with Gasteiger partial charge in [-0.2, -0.15) is 0 Å². The van der Waals surface area contributed by atoms with Gasteiger partial charge in [-0.3, -0.25) is 9.59 Å². The number of halogens is 1. The molecular formula is C21H24ClNO6. The van der Waals surface area contributed by atoms with E-state index in [0.717, 1.165) is 0 Å². The molecule has 0 saturated carbocycles. The van der Waals surface area contributed by atoms with Crippen LogP contribution >= 0.6 is 11.6 Å². The molecule has 8 heteroatoms. The average molecular weight is 422 g/mol. The highest BCUT2D eigenvalue weighted by Crippen LogP contribution is 2.25. The number of hydrogen-bond acceptors (Lipinski definition) is 6. The molecule has 0 bridgehead atoms. The SMILES string of the molecule is COc1ccccc1OCCC(=O)OCC(=O)N(C)CCOc1ccc(Cl)cc1. The van der Waals surface area contributed by atoms with Gasteiger partial charge in [0.1, 0.15) is 12.4 Å². The summed E-state index contributed by atoms with van der Waals surface area (Å²) in [6.45, 7) is 0.462. The molecule has 2 rings (SSSR count). The lowest BCUT2D eigenvalue weighted by molar-refractivity contribution is -0.152. The van der Waals surface area contributed by atoms with E-state index in [-0.39, 0.29) is 25.5 Å². The number of esters is 1. The number of ether oxygens (including phenoxy) is 4. The molecule has 0 saturated heterocycles. The molecule has 0 fully saturated rings. The maximum absolute atomic E-state index is 12.0. The van der Waals surface area contributed by atoms with Crippen molar-refractivity contribution in [2.45, 2.75) is 6.42 Å². The zero-order valence-corrected chi connectivity index (χ0v) is 17.2. The van der Waals surface area contributed by atoms with Crippen LogP contribution in [0.2, 0.25) is 5.02 Å². The highest BCUT2D eigenvalue weighted by molar-refractivity contribution is 6.30. The van der Waals surface area contributed by atoms with E-state index in [1.807, 2.05) is 6.07 Å². The normalized spacial score (nSPS) is 10.2. The molecule has 2 aromatic carbocycles. The molecule has 0 radical (unpaired) electrons. The molecule has 0 N–H and O–H groups in total. The lowest BCUT2D eigenvalue weighted by Crippen LogP contribution is -2.34. The predicted octanol–water partition coefficient (Wildman–Crippen LogP) is 3.20. The number of hydrogen-bond donors (Lipinski definition) is 0. The molecule has 0 aliphatic heterocycles. The van der Waals surface area contributed by atoms with Gasteiger partial charge in [-0.05, 0) is 36.4 Å². The van der Waals surface area contributed by atoms with E-state index in [1.165, 1.54) is 4.90 Å². The molecule has 0 unspecified atom stereocenters. The lowest BCUT2D eigenvalue weighted by atomic mass is 10.3. The molecule has 0 aliphatic rings. The number of nitrogens with zero attached hydrogens (tertiary/aromatic N) is 1. The molecule has 7 nitrogen and oxygen atoms in total. The summed E-state index contributed by atoms with van der Waals surface area (Å²) in [5.41, 5.74) is 0. The zero-order valence-electron chi connectivity index (χ0n) is 16.4. The number of rotatable bonds is 11. The first-order chi connectivity index (χ1) is 14.0. The second-order valence-electron chi connectivity index (χ2n) is 6.03. The monoisotopic (exact) mass is 421 g/mol. The van der Waals surface area contributed by atoms with Gasteiger partial charge < -0.3 is 23.8 Å². The van der Waals surface area contributed by atoms with Gasteiger partial charge in [-0.1, -0.05) is 23.7 Å². The van der Waals surface area contributed by atoms with Crippen LogP contribution in [0.3, 0.4) is 0 Å². The standard InChI is InChI=1S/C21H24ClNO6/c1-23(12-14-27-17-9-7-16(22)8-10-17)20(24)15-29-21(25)11-13-28-19-6-4-3-5-18(19)26-2/h3-10H,11-15H2,1-2H3. The number of methoxy groups -OCH3 is 1. The predicted molar refractivity (Wildman–Crippen MR) is 109 cm³/mol. The largest absolute Gasteiger partial charge is 0.493 e. The summed E-state index contributed by atoms with van der Waals surface area (Å²) < 4.78 is 21.2. The van der Waals surface area contributed by atoms with Crippen LogP contribution < -0.4 is 14.2 Å². The van der Waals surface area contributed by atoms with E-state index < -0.39 is 5.97 Å². The van der Waals surface area contributed by atoms with Crippen molar-refractivity contribution in [2.24, 2.45) is 0 Å². The summed E-state index contributed by atoms with van der Waals surface area (Å²) in [5.74, 6) is 0.956. The van der Waals surface area contributed by atoms with Crippen molar-refractivity contribution < 1.29 is 28.5 Å². The van der Waals surface area contributed by atoms with Crippen LogP contribution in [0.5, 0.6) is 17.2 Å². The summed E-state index contributed by atoms with van der Waals surface area (Å²) in [7, 11) is 3.16. The second kappa shape index (κ2) is 11.8. The van der Waals surface area contributed by atoms with Gasteiger partial charge in [-0.25, -0.2) is 0 Å². The maximum atomic E-state index is 12.0. The van der Waals surface area contributed by atoms with Crippen molar-refractivity contribution in [2.75, 3.05) is 40.5 Å². The van der Waals surface area contributed by atoms with Crippen LogP contribution in [0, 0.1) is 0 Å². The first-order valence-electron chi connectivity index (χ1n) is 9.03. The fourth-order valence-corrected chi connectivity index (χ4v) is 2.39. The minimum Gasteiger partial charge on any atom is -0.493 e. The number of carbonyl (C=O) groups excluding carboxylic acids is 2. The van der Waals surface area contributed by atoms with E-state index in [1.54, 1.807) is 56.6 Å². The van der Waals surface area contributed by atoms with E-state index in [9.17, 15) is 9.59 Å². The van der Waals surface area contributed by atoms with Crippen LogP contribution in [0.15, 0.2) is 48.5 Å². The molecule has 29 heavy (non-hydrogen) atoms. The highest BCUT2D eigenvalue weighted by Gasteiger charge is 2.13. The fraction of sp³-hybridized carbons (Fsp3) is 0.333. The van der Waals surface area contributed by atoms with Crippen LogP contribution in [0.25, 0.3) is 0 Å². The van der Waals surface area contributed by atoms with Gasteiger partial charge in [-0.15, -0.1) is 0 Å². The maximum Gasteiger partial charge on any atom is 0.309 e. The summed E-state index contributed by atoms with van der Waals surface area (Å²) in [4.78, 5) is 25.3. The number of para-hydroxylation sites is 2. The summed E-state index contributed by atoms with van der Waals surface area (Å²) >= 11 is 5.81. The van der Waals surface area contributed by atoms with Gasteiger partial charge in [0.2, 0.25) is 0 Å². The molecule has 0 heterocycles. The van der Waals surface area contributed by atoms with E-state index >= 15 is 0 Å². The van der Waals surface area contributed by atoms with Crippen LogP contribution in [0.1, 0.15) is 6.42 Å².